The van der Waals surface area contributed by atoms with Crippen molar-refractivity contribution in [3.8, 4) is 5.75 Å². The smallest absolute Gasteiger partial charge is 0.258 e. The van der Waals surface area contributed by atoms with Gasteiger partial charge in [0.15, 0.2) is 5.75 Å². The summed E-state index contributed by atoms with van der Waals surface area (Å²) in [4.78, 5) is 14.2. The average Bonchev–Trinajstić information content (AvgIpc) is 2.46. The Balaban J connectivity index is 2.31. The molecule has 1 N–H and O–H groups in total. The minimum atomic E-state index is -0.0691. The topological polar surface area (TPSA) is 41.6 Å². The van der Waals surface area contributed by atoms with Gasteiger partial charge >= 0.3 is 0 Å². The van der Waals surface area contributed by atoms with Gasteiger partial charge in [-0.25, -0.2) is 0 Å². The Hall–Kier alpha value is -2.23. The second-order valence-corrected chi connectivity index (χ2v) is 4.24. The molecule has 2 rings (SSSR count). The maximum atomic E-state index is 12.5. The normalized spacial score (nSPS) is 12.6. The lowest BCUT2D eigenvalue weighted by Gasteiger charge is -2.24. The van der Waals surface area contributed by atoms with Gasteiger partial charge in [-0.15, -0.1) is 13.2 Å². The molecule has 100 valence electrons. The van der Waals surface area contributed by atoms with Crippen LogP contribution in [0.5, 0.6) is 5.75 Å². The number of carbonyl (C=O) groups excluding carboxylic acids is 1. The Labute approximate surface area is 113 Å². The second kappa shape index (κ2) is 6.09. The SMILES string of the molecule is C=CCN(CC=C)C(=O)c1cccc2c1OCCN2. The molecule has 0 bridgehead atoms. The average molecular weight is 258 g/mol. The number of nitrogens with zero attached hydrogens (tertiary/aromatic N) is 1. The molecule has 1 aromatic rings. The van der Waals surface area contributed by atoms with Crippen LogP contribution in [0.4, 0.5) is 5.69 Å². The first-order chi connectivity index (χ1) is 9.27. The summed E-state index contributed by atoms with van der Waals surface area (Å²) in [7, 11) is 0. The van der Waals surface area contributed by atoms with Crippen molar-refractivity contribution in [3.05, 3.63) is 49.1 Å². The van der Waals surface area contributed by atoms with Crippen LogP contribution in [0.3, 0.4) is 0 Å². The number of benzene rings is 1. The van der Waals surface area contributed by atoms with Gasteiger partial charge in [0.1, 0.15) is 6.61 Å². The highest BCUT2D eigenvalue weighted by atomic mass is 16.5. The monoisotopic (exact) mass is 258 g/mol. The van der Waals surface area contributed by atoms with E-state index in [4.69, 9.17) is 4.74 Å². The number of carbonyl (C=O) groups is 1. The number of hydrogen-bond acceptors (Lipinski definition) is 3. The molecule has 4 heteroatoms. The number of anilines is 1. The molecule has 0 radical (unpaired) electrons. The fourth-order valence-electron chi connectivity index (χ4n) is 2.06. The maximum absolute atomic E-state index is 12.5. The molecule has 0 aromatic heterocycles. The summed E-state index contributed by atoms with van der Waals surface area (Å²) in [6.45, 7) is 9.65. The Bertz CT molecular complexity index is 487. The summed E-state index contributed by atoms with van der Waals surface area (Å²) < 4.78 is 5.62. The number of hydrogen-bond donors (Lipinski definition) is 1. The quantitative estimate of drug-likeness (QED) is 0.824. The van der Waals surface area contributed by atoms with Gasteiger partial charge in [0.2, 0.25) is 0 Å². The van der Waals surface area contributed by atoms with Gasteiger partial charge in [-0.3, -0.25) is 4.79 Å². The molecule has 4 nitrogen and oxygen atoms in total. The van der Waals surface area contributed by atoms with Crippen molar-refractivity contribution in [1.82, 2.24) is 4.90 Å². The van der Waals surface area contributed by atoms with Gasteiger partial charge in [0.25, 0.3) is 5.91 Å². The van der Waals surface area contributed by atoms with Gasteiger partial charge in [0.05, 0.1) is 11.3 Å². The summed E-state index contributed by atoms with van der Waals surface area (Å²) >= 11 is 0. The molecule has 1 aliphatic rings. The molecule has 0 saturated heterocycles. The lowest BCUT2D eigenvalue weighted by atomic mass is 10.1. The van der Waals surface area contributed by atoms with Gasteiger partial charge in [0, 0.05) is 19.6 Å². The van der Waals surface area contributed by atoms with E-state index >= 15 is 0 Å². The van der Waals surface area contributed by atoms with E-state index < -0.39 is 0 Å². The summed E-state index contributed by atoms with van der Waals surface area (Å²) in [5.74, 6) is 0.567. The van der Waals surface area contributed by atoms with Crippen LogP contribution in [0.2, 0.25) is 0 Å². The van der Waals surface area contributed by atoms with Crippen molar-refractivity contribution in [2.24, 2.45) is 0 Å². The largest absolute Gasteiger partial charge is 0.489 e. The molecular formula is C15H18N2O2. The third-order valence-corrected chi connectivity index (χ3v) is 2.90. The highest BCUT2D eigenvalue weighted by molar-refractivity contribution is 5.99. The van der Waals surface area contributed by atoms with Crippen LogP contribution in [0.25, 0.3) is 0 Å². The fourth-order valence-corrected chi connectivity index (χ4v) is 2.06. The summed E-state index contributed by atoms with van der Waals surface area (Å²) in [5.41, 5.74) is 1.45. The molecule has 19 heavy (non-hydrogen) atoms. The zero-order valence-electron chi connectivity index (χ0n) is 10.9. The zero-order chi connectivity index (χ0) is 13.7. The van der Waals surface area contributed by atoms with E-state index in [-0.39, 0.29) is 5.91 Å². The van der Waals surface area contributed by atoms with E-state index in [9.17, 15) is 4.79 Å². The van der Waals surface area contributed by atoms with Crippen LogP contribution in [0, 0.1) is 0 Å². The Morgan fingerprint density at radius 2 is 2.11 bits per heavy atom. The highest BCUT2D eigenvalue weighted by Crippen LogP contribution is 2.31. The van der Waals surface area contributed by atoms with Crippen LogP contribution >= 0.6 is 0 Å². The summed E-state index contributed by atoms with van der Waals surface area (Å²) in [6, 6.07) is 5.55. The van der Waals surface area contributed by atoms with E-state index in [0.29, 0.717) is 31.0 Å². The Morgan fingerprint density at radius 1 is 1.37 bits per heavy atom. The maximum Gasteiger partial charge on any atom is 0.258 e. The first kappa shape index (κ1) is 13.2. The Morgan fingerprint density at radius 3 is 2.79 bits per heavy atom. The van der Waals surface area contributed by atoms with Crippen LogP contribution in [0.15, 0.2) is 43.5 Å². The summed E-state index contributed by atoms with van der Waals surface area (Å²) in [6.07, 6.45) is 3.41. The molecule has 1 amide bonds. The van der Waals surface area contributed by atoms with E-state index in [1.165, 1.54) is 0 Å². The van der Waals surface area contributed by atoms with Gasteiger partial charge in [-0.05, 0) is 12.1 Å². The van der Waals surface area contributed by atoms with Crippen LogP contribution in [-0.2, 0) is 0 Å². The van der Waals surface area contributed by atoms with Crippen LogP contribution in [0.1, 0.15) is 10.4 Å². The van der Waals surface area contributed by atoms with Gasteiger partial charge in [-0.2, -0.15) is 0 Å². The molecule has 1 aliphatic heterocycles. The third kappa shape index (κ3) is 2.78. The third-order valence-electron chi connectivity index (χ3n) is 2.90. The van der Waals surface area contributed by atoms with Crippen molar-refractivity contribution in [1.29, 1.82) is 0 Å². The van der Waals surface area contributed by atoms with Crippen molar-refractivity contribution in [3.63, 3.8) is 0 Å². The number of ether oxygens (including phenoxy) is 1. The molecule has 1 aromatic carbocycles. The number of fused-ring (bicyclic) bond motifs is 1. The molecule has 0 spiro atoms. The molecule has 0 aliphatic carbocycles. The molecule has 0 atom stereocenters. The van der Waals surface area contributed by atoms with Gasteiger partial charge < -0.3 is 15.0 Å². The first-order valence-corrected chi connectivity index (χ1v) is 6.28. The molecule has 0 fully saturated rings. The lowest BCUT2D eigenvalue weighted by Crippen LogP contribution is -2.32. The highest BCUT2D eigenvalue weighted by Gasteiger charge is 2.22. The van der Waals surface area contributed by atoms with E-state index in [1.54, 1.807) is 23.1 Å². The predicted molar refractivity (Wildman–Crippen MR) is 76.7 cm³/mol. The minimum absolute atomic E-state index is 0.0691. The van der Waals surface area contributed by atoms with Crippen molar-refractivity contribution in [2.45, 2.75) is 0 Å². The van der Waals surface area contributed by atoms with Crippen LogP contribution < -0.4 is 10.1 Å². The number of nitrogens with one attached hydrogen (secondary N) is 1. The molecule has 1 heterocycles. The summed E-state index contributed by atoms with van der Waals surface area (Å²) in [5, 5.41) is 3.22. The van der Waals surface area contributed by atoms with Crippen LogP contribution in [-0.4, -0.2) is 37.0 Å². The number of para-hydroxylation sites is 1. The zero-order valence-corrected chi connectivity index (χ0v) is 10.9. The van der Waals surface area contributed by atoms with E-state index in [0.717, 1.165) is 12.2 Å². The molecular weight excluding hydrogens is 240 g/mol. The van der Waals surface area contributed by atoms with Gasteiger partial charge in [-0.1, -0.05) is 18.2 Å². The number of amides is 1. The van der Waals surface area contributed by atoms with Crippen molar-refractivity contribution < 1.29 is 9.53 Å². The predicted octanol–water partition coefficient (Wildman–Crippen LogP) is 2.31. The van der Waals surface area contributed by atoms with E-state index in [1.807, 2.05) is 12.1 Å². The molecule has 0 saturated carbocycles. The fraction of sp³-hybridized carbons (Fsp3) is 0.267. The Kier molecular flexibility index (Phi) is 4.23. The number of rotatable bonds is 5. The first-order valence-electron chi connectivity index (χ1n) is 6.28. The molecule has 0 unspecified atom stereocenters. The van der Waals surface area contributed by atoms with Crippen molar-refractivity contribution in [2.75, 3.05) is 31.6 Å². The van der Waals surface area contributed by atoms with E-state index in [2.05, 4.69) is 18.5 Å². The second-order valence-electron chi connectivity index (χ2n) is 4.24. The van der Waals surface area contributed by atoms with Crippen molar-refractivity contribution >= 4 is 11.6 Å². The standard InChI is InChI=1S/C15H18N2O2/c1-3-9-17(10-4-2)15(18)12-6-5-7-13-14(12)19-11-8-16-13/h3-7,16H,1-2,8-11H2. The lowest BCUT2D eigenvalue weighted by molar-refractivity contribution is 0.0786. The minimum Gasteiger partial charge on any atom is -0.489 e.